The van der Waals surface area contributed by atoms with E-state index in [0.717, 1.165) is 5.56 Å². The molecule has 3 aromatic rings. The van der Waals surface area contributed by atoms with Crippen LogP contribution in [-0.2, 0) is 27.8 Å². The molecule has 0 bridgehead atoms. The fourth-order valence-electron chi connectivity index (χ4n) is 2.72. The molecule has 0 unspecified atom stereocenters. The number of hydrazine groups is 1. The molecule has 0 heterocycles. The van der Waals surface area contributed by atoms with E-state index >= 15 is 0 Å². The highest BCUT2D eigenvalue weighted by Crippen LogP contribution is 2.15. The third kappa shape index (κ3) is 6.39. The van der Waals surface area contributed by atoms with E-state index < -0.39 is 21.8 Å². The van der Waals surface area contributed by atoms with Gasteiger partial charge in [-0.1, -0.05) is 66.2 Å². The number of hydrogen-bond acceptors (Lipinski definition) is 4. The van der Waals surface area contributed by atoms with Gasteiger partial charge in [-0.15, -0.1) is 0 Å². The third-order valence-corrected chi connectivity index (χ3v) is 6.11. The van der Waals surface area contributed by atoms with Crippen LogP contribution < -0.4 is 15.6 Å². The Hall–Kier alpha value is -3.20. The zero-order chi connectivity index (χ0) is 22.3. The minimum atomic E-state index is -3.82. The minimum absolute atomic E-state index is 0.0161. The molecule has 3 aromatic carbocycles. The molecule has 0 atom stereocenters. The average molecular weight is 458 g/mol. The van der Waals surface area contributed by atoms with Crippen LogP contribution in [0.25, 0.3) is 0 Å². The summed E-state index contributed by atoms with van der Waals surface area (Å²) in [4.78, 5) is 24.4. The Morgan fingerprint density at radius 3 is 2.29 bits per heavy atom. The summed E-state index contributed by atoms with van der Waals surface area (Å²) in [6.07, 6.45) is -0.0161. The number of halogens is 1. The van der Waals surface area contributed by atoms with Gasteiger partial charge in [-0.05, 0) is 35.4 Å². The topological polar surface area (TPSA) is 104 Å². The monoisotopic (exact) mass is 457 g/mol. The molecule has 3 rings (SSSR count). The maximum Gasteiger partial charge on any atom is 0.269 e. The van der Waals surface area contributed by atoms with Crippen molar-refractivity contribution in [2.45, 2.75) is 17.9 Å². The van der Waals surface area contributed by atoms with Crippen LogP contribution in [0.1, 0.15) is 21.5 Å². The normalized spacial score (nSPS) is 11.0. The summed E-state index contributed by atoms with van der Waals surface area (Å²) >= 11 is 6.02. The van der Waals surface area contributed by atoms with E-state index in [0.29, 0.717) is 10.6 Å². The number of carbonyl (C=O) groups is 2. The SMILES string of the molecule is O=C(Cc1ccccc1Cl)NNC(=O)c1cccc(S(=O)(=O)NCc2ccccc2)c1. The number of benzene rings is 3. The minimum Gasteiger partial charge on any atom is -0.273 e. The van der Waals surface area contributed by atoms with Crippen LogP contribution in [-0.4, -0.2) is 20.2 Å². The van der Waals surface area contributed by atoms with E-state index in [1.54, 1.807) is 36.4 Å². The first-order valence-electron chi connectivity index (χ1n) is 9.31. The quantitative estimate of drug-likeness (QED) is 0.474. The van der Waals surface area contributed by atoms with Gasteiger partial charge in [0, 0.05) is 17.1 Å². The van der Waals surface area contributed by atoms with Crippen molar-refractivity contribution in [2.24, 2.45) is 0 Å². The molecular formula is C22H20ClN3O4S. The number of rotatable bonds is 7. The third-order valence-electron chi connectivity index (χ3n) is 4.34. The molecule has 3 N–H and O–H groups in total. The summed E-state index contributed by atoms with van der Waals surface area (Å²) in [6, 6.07) is 21.5. The Kier molecular flexibility index (Phi) is 7.41. The first-order valence-corrected chi connectivity index (χ1v) is 11.2. The highest BCUT2D eigenvalue weighted by atomic mass is 35.5. The highest BCUT2D eigenvalue weighted by Gasteiger charge is 2.16. The molecule has 0 saturated heterocycles. The van der Waals surface area contributed by atoms with Crippen LogP contribution in [0, 0.1) is 0 Å². The van der Waals surface area contributed by atoms with Gasteiger partial charge in [0.15, 0.2) is 0 Å². The largest absolute Gasteiger partial charge is 0.273 e. The average Bonchev–Trinajstić information content (AvgIpc) is 2.78. The lowest BCUT2D eigenvalue weighted by Crippen LogP contribution is -2.42. The Balaban J connectivity index is 1.60. The van der Waals surface area contributed by atoms with Gasteiger partial charge in [0.05, 0.1) is 11.3 Å². The first-order chi connectivity index (χ1) is 14.8. The van der Waals surface area contributed by atoms with E-state index in [4.69, 9.17) is 11.6 Å². The van der Waals surface area contributed by atoms with E-state index in [2.05, 4.69) is 15.6 Å². The van der Waals surface area contributed by atoms with Crippen LogP contribution in [0.15, 0.2) is 83.8 Å². The molecule has 0 aromatic heterocycles. The zero-order valence-corrected chi connectivity index (χ0v) is 17.9. The molecule has 0 aliphatic carbocycles. The predicted molar refractivity (Wildman–Crippen MR) is 118 cm³/mol. The van der Waals surface area contributed by atoms with Crippen LogP contribution in [0.4, 0.5) is 0 Å². The van der Waals surface area contributed by atoms with Gasteiger partial charge >= 0.3 is 0 Å². The van der Waals surface area contributed by atoms with Crippen molar-refractivity contribution in [3.63, 3.8) is 0 Å². The molecule has 0 radical (unpaired) electrons. The van der Waals surface area contributed by atoms with Crippen molar-refractivity contribution in [3.8, 4) is 0 Å². The Morgan fingerprint density at radius 2 is 1.55 bits per heavy atom. The van der Waals surface area contributed by atoms with Gasteiger partial charge in [-0.25, -0.2) is 13.1 Å². The fourth-order valence-corrected chi connectivity index (χ4v) is 3.99. The lowest BCUT2D eigenvalue weighted by atomic mass is 10.1. The van der Waals surface area contributed by atoms with Crippen molar-refractivity contribution < 1.29 is 18.0 Å². The van der Waals surface area contributed by atoms with E-state index in [1.165, 1.54) is 24.3 Å². The molecule has 0 aliphatic heterocycles. The Morgan fingerprint density at radius 1 is 0.839 bits per heavy atom. The van der Waals surface area contributed by atoms with Gasteiger partial charge in [-0.2, -0.15) is 0 Å². The maximum absolute atomic E-state index is 12.6. The van der Waals surface area contributed by atoms with Gasteiger partial charge in [0.25, 0.3) is 5.91 Å². The molecule has 9 heteroatoms. The van der Waals surface area contributed by atoms with Gasteiger partial charge < -0.3 is 0 Å². The highest BCUT2D eigenvalue weighted by molar-refractivity contribution is 7.89. The second-order valence-electron chi connectivity index (χ2n) is 6.61. The lowest BCUT2D eigenvalue weighted by Gasteiger charge is -2.10. The second-order valence-corrected chi connectivity index (χ2v) is 8.78. The smallest absolute Gasteiger partial charge is 0.269 e. The number of carbonyl (C=O) groups excluding carboxylic acids is 2. The van der Waals surface area contributed by atoms with Gasteiger partial charge in [0.2, 0.25) is 15.9 Å². The van der Waals surface area contributed by atoms with Crippen LogP contribution in [0.2, 0.25) is 5.02 Å². The molecular weight excluding hydrogens is 438 g/mol. The zero-order valence-electron chi connectivity index (χ0n) is 16.3. The summed E-state index contributed by atoms with van der Waals surface area (Å²) < 4.78 is 27.6. The lowest BCUT2D eigenvalue weighted by molar-refractivity contribution is -0.121. The molecule has 0 saturated carbocycles. The van der Waals surface area contributed by atoms with Gasteiger partial charge in [0.1, 0.15) is 0 Å². The Bertz CT molecular complexity index is 1180. The standard InChI is InChI=1S/C22H20ClN3O4S/c23-20-12-5-4-9-17(20)14-21(27)25-26-22(28)18-10-6-11-19(13-18)31(29,30)24-15-16-7-2-1-3-8-16/h1-13,24H,14-15H2,(H,25,27)(H,26,28). The molecule has 160 valence electrons. The van der Waals surface area contributed by atoms with Crippen molar-refractivity contribution in [1.29, 1.82) is 0 Å². The first kappa shape index (κ1) is 22.5. The summed E-state index contributed by atoms with van der Waals surface area (Å²) in [7, 11) is -3.82. The number of nitrogens with one attached hydrogen (secondary N) is 3. The fraction of sp³-hybridized carbons (Fsp3) is 0.0909. The predicted octanol–water partition coefficient (Wildman–Crippen LogP) is 2.82. The maximum atomic E-state index is 12.6. The molecule has 7 nitrogen and oxygen atoms in total. The number of sulfonamides is 1. The molecule has 0 spiro atoms. The van der Waals surface area contributed by atoms with Gasteiger partial charge in [-0.3, -0.25) is 20.4 Å². The summed E-state index contributed by atoms with van der Waals surface area (Å²) in [5.41, 5.74) is 6.09. The van der Waals surface area contributed by atoms with Crippen molar-refractivity contribution >= 4 is 33.4 Å². The van der Waals surface area contributed by atoms with Crippen molar-refractivity contribution in [2.75, 3.05) is 0 Å². The van der Waals surface area contributed by atoms with E-state index in [1.807, 2.05) is 18.2 Å². The van der Waals surface area contributed by atoms with Crippen LogP contribution >= 0.6 is 11.6 Å². The summed E-state index contributed by atoms with van der Waals surface area (Å²) in [6.45, 7) is 0.123. The molecule has 2 amide bonds. The molecule has 0 fully saturated rings. The molecule has 0 aliphatic rings. The second kappa shape index (κ2) is 10.2. The number of hydrogen-bond donors (Lipinski definition) is 3. The van der Waals surface area contributed by atoms with Crippen molar-refractivity contribution in [1.82, 2.24) is 15.6 Å². The van der Waals surface area contributed by atoms with E-state index in [9.17, 15) is 18.0 Å². The van der Waals surface area contributed by atoms with E-state index in [-0.39, 0.29) is 23.4 Å². The summed E-state index contributed by atoms with van der Waals surface area (Å²) in [5, 5.41) is 0.449. The summed E-state index contributed by atoms with van der Waals surface area (Å²) in [5.74, 6) is -1.11. The number of amides is 2. The van der Waals surface area contributed by atoms with Crippen molar-refractivity contribution in [3.05, 3.63) is 101 Å². The molecule has 31 heavy (non-hydrogen) atoms. The Labute approximate surface area is 185 Å². The van der Waals surface area contributed by atoms with Crippen LogP contribution in [0.3, 0.4) is 0 Å². The van der Waals surface area contributed by atoms with Crippen LogP contribution in [0.5, 0.6) is 0 Å².